The molecule has 1 saturated heterocycles. The monoisotopic (exact) mass is 349 g/mol. The molecule has 4 rings (SSSR count). The lowest BCUT2D eigenvalue weighted by atomic mass is 10.1. The fourth-order valence-corrected chi connectivity index (χ4v) is 3.62. The van der Waals surface area contributed by atoms with Crippen molar-refractivity contribution in [2.24, 2.45) is 0 Å². The maximum Gasteiger partial charge on any atom is 0.0645 e. The van der Waals surface area contributed by atoms with Gasteiger partial charge >= 0.3 is 0 Å². The molecule has 0 amide bonds. The van der Waals surface area contributed by atoms with Crippen molar-refractivity contribution in [3.8, 4) is 11.1 Å². The van der Waals surface area contributed by atoms with E-state index in [1.807, 2.05) is 24.5 Å². The van der Waals surface area contributed by atoms with Gasteiger partial charge in [0.25, 0.3) is 0 Å². The molecule has 1 aliphatic rings. The van der Waals surface area contributed by atoms with E-state index in [0.717, 1.165) is 42.5 Å². The van der Waals surface area contributed by atoms with Crippen LogP contribution in [-0.4, -0.2) is 31.2 Å². The third kappa shape index (κ3) is 3.47. The quantitative estimate of drug-likeness (QED) is 0.681. The first-order valence-corrected chi connectivity index (χ1v) is 8.94. The Morgan fingerprint density at radius 1 is 0.760 bits per heavy atom. The van der Waals surface area contributed by atoms with Crippen molar-refractivity contribution in [2.45, 2.75) is 0 Å². The molecule has 2 aromatic carbocycles. The summed E-state index contributed by atoms with van der Waals surface area (Å²) in [5.41, 5.74) is 4.65. The molecule has 0 aliphatic carbocycles. The summed E-state index contributed by atoms with van der Waals surface area (Å²) in [6, 6.07) is 20.8. The van der Waals surface area contributed by atoms with Crippen LogP contribution in [0.2, 0.25) is 5.02 Å². The highest BCUT2D eigenvalue weighted by atomic mass is 35.5. The van der Waals surface area contributed by atoms with Crippen molar-refractivity contribution < 1.29 is 0 Å². The van der Waals surface area contributed by atoms with Crippen LogP contribution < -0.4 is 9.80 Å². The van der Waals surface area contributed by atoms with E-state index in [-0.39, 0.29) is 0 Å². The van der Waals surface area contributed by atoms with Crippen molar-refractivity contribution in [3.05, 3.63) is 78.1 Å². The van der Waals surface area contributed by atoms with Gasteiger partial charge in [0.15, 0.2) is 0 Å². The Bertz CT molecular complexity index is 828. The molecule has 0 N–H and O–H groups in total. The number of halogens is 1. The summed E-state index contributed by atoms with van der Waals surface area (Å²) >= 11 is 6.60. The van der Waals surface area contributed by atoms with Gasteiger partial charge in [-0.2, -0.15) is 0 Å². The second-order valence-electron chi connectivity index (χ2n) is 6.22. The summed E-state index contributed by atoms with van der Waals surface area (Å²) in [7, 11) is 0. The molecule has 25 heavy (non-hydrogen) atoms. The summed E-state index contributed by atoms with van der Waals surface area (Å²) in [6.07, 6.45) is 3.74. The minimum Gasteiger partial charge on any atom is -0.367 e. The number of pyridine rings is 1. The number of hydrogen-bond acceptors (Lipinski definition) is 3. The highest BCUT2D eigenvalue weighted by molar-refractivity contribution is 6.33. The Balaban J connectivity index is 1.48. The average Bonchev–Trinajstić information content (AvgIpc) is 2.69. The summed E-state index contributed by atoms with van der Waals surface area (Å²) in [5, 5.41) is 0.816. The topological polar surface area (TPSA) is 19.4 Å². The fourth-order valence-electron chi connectivity index (χ4n) is 3.32. The second kappa shape index (κ2) is 7.16. The van der Waals surface area contributed by atoms with E-state index < -0.39 is 0 Å². The van der Waals surface area contributed by atoms with E-state index in [0.29, 0.717) is 0 Å². The molecule has 1 fully saturated rings. The summed E-state index contributed by atoms with van der Waals surface area (Å²) in [6.45, 7) is 3.86. The fraction of sp³-hybridized carbons (Fsp3) is 0.190. The van der Waals surface area contributed by atoms with E-state index >= 15 is 0 Å². The normalized spacial score (nSPS) is 14.6. The minimum atomic E-state index is 0.816. The number of benzene rings is 2. The molecule has 3 nitrogen and oxygen atoms in total. The number of hydrogen-bond donors (Lipinski definition) is 0. The van der Waals surface area contributed by atoms with Gasteiger partial charge in [0.2, 0.25) is 0 Å². The van der Waals surface area contributed by atoms with Crippen LogP contribution in [0.3, 0.4) is 0 Å². The predicted molar refractivity (Wildman–Crippen MR) is 106 cm³/mol. The van der Waals surface area contributed by atoms with Gasteiger partial charge in [-0.15, -0.1) is 0 Å². The SMILES string of the molecule is Clc1cc(-c2ccccc2)ccc1N1CCN(c2cccnc2)CC1. The zero-order chi connectivity index (χ0) is 17.1. The van der Waals surface area contributed by atoms with E-state index in [2.05, 4.69) is 63.3 Å². The van der Waals surface area contributed by atoms with E-state index in [1.165, 1.54) is 11.3 Å². The van der Waals surface area contributed by atoms with Crippen LogP contribution in [0.25, 0.3) is 11.1 Å². The molecular weight excluding hydrogens is 330 g/mol. The van der Waals surface area contributed by atoms with Gasteiger partial charge in [-0.05, 0) is 35.4 Å². The molecule has 0 atom stereocenters. The van der Waals surface area contributed by atoms with Crippen molar-refractivity contribution in [1.82, 2.24) is 4.98 Å². The Kier molecular flexibility index (Phi) is 4.57. The smallest absolute Gasteiger partial charge is 0.0645 e. The maximum absolute atomic E-state index is 6.60. The average molecular weight is 350 g/mol. The summed E-state index contributed by atoms with van der Waals surface area (Å²) in [4.78, 5) is 8.95. The lowest BCUT2D eigenvalue weighted by molar-refractivity contribution is 0.653. The van der Waals surface area contributed by atoms with Gasteiger partial charge in [0.1, 0.15) is 0 Å². The molecule has 126 valence electrons. The van der Waals surface area contributed by atoms with Gasteiger partial charge in [-0.3, -0.25) is 4.98 Å². The van der Waals surface area contributed by atoms with E-state index in [9.17, 15) is 0 Å². The van der Waals surface area contributed by atoms with Gasteiger partial charge in [-0.1, -0.05) is 48.0 Å². The van der Waals surface area contributed by atoms with Crippen LogP contribution in [-0.2, 0) is 0 Å². The Morgan fingerprint density at radius 2 is 1.52 bits per heavy atom. The molecule has 1 aromatic heterocycles. The standard InChI is InChI=1S/C21H20ClN3/c22-20-15-18(17-5-2-1-3-6-17)8-9-21(20)25-13-11-24(12-14-25)19-7-4-10-23-16-19/h1-10,15-16H,11-14H2. The highest BCUT2D eigenvalue weighted by Crippen LogP contribution is 2.32. The van der Waals surface area contributed by atoms with Gasteiger partial charge in [0, 0.05) is 32.4 Å². The van der Waals surface area contributed by atoms with Gasteiger partial charge in [0.05, 0.1) is 22.6 Å². The van der Waals surface area contributed by atoms with Gasteiger partial charge in [-0.25, -0.2) is 0 Å². The molecule has 4 heteroatoms. The first-order chi connectivity index (χ1) is 12.3. The lowest BCUT2D eigenvalue weighted by Crippen LogP contribution is -2.46. The number of piperazine rings is 1. The van der Waals surface area contributed by atoms with Crippen molar-refractivity contribution >= 4 is 23.0 Å². The molecular formula is C21H20ClN3. The Morgan fingerprint density at radius 3 is 2.20 bits per heavy atom. The third-order valence-corrected chi connectivity index (χ3v) is 4.99. The zero-order valence-electron chi connectivity index (χ0n) is 14.0. The van der Waals surface area contributed by atoms with Gasteiger partial charge < -0.3 is 9.80 Å². The van der Waals surface area contributed by atoms with Crippen LogP contribution >= 0.6 is 11.6 Å². The van der Waals surface area contributed by atoms with Crippen molar-refractivity contribution in [2.75, 3.05) is 36.0 Å². The largest absolute Gasteiger partial charge is 0.367 e. The number of aromatic nitrogens is 1. The molecule has 0 unspecified atom stereocenters. The molecule has 3 aromatic rings. The first kappa shape index (κ1) is 16.0. The van der Waals surface area contributed by atoms with E-state index in [1.54, 1.807) is 0 Å². The van der Waals surface area contributed by atoms with E-state index in [4.69, 9.17) is 11.6 Å². The van der Waals surface area contributed by atoms with Crippen LogP contribution in [0.4, 0.5) is 11.4 Å². The van der Waals surface area contributed by atoms with Crippen LogP contribution in [0, 0.1) is 0 Å². The molecule has 1 aliphatic heterocycles. The van der Waals surface area contributed by atoms with Crippen molar-refractivity contribution in [1.29, 1.82) is 0 Å². The third-order valence-electron chi connectivity index (χ3n) is 4.69. The number of nitrogens with zero attached hydrogens (tertiary/aromatic N) is 3. The molecule has 0 radical (unpaired) electrons. The lowest BCUT2D eigenvalue weighted by Gasteiger charge is -2.37. The Hall–Kier alpha value is -2.52. The molecule has 0 spiro atoms. The predicted octanol–water partition coefficient (Wildman–Crippen LogP) is 4.73. The highest BCUT2D eigenvalue weighted by Gasteiger charge is 2.19. The summed E-state index contributed by atoms with van der Waals surface area (Å²) in [5.74, 6) is 0. The Labute approximate surface area is 153 Å². The van der Waals surface area contributed by atoms with Crippen LogP contribution in [0.1, 0.15) is 0 Å². The molecule has 0 saturated carbocycles. The molecule has 2 heterocycles. The molecule has 0 bridgehead atoms. The minimum absolute atomic E-state index is 0.816. The summed E-state index contributed by atoms with van der Waals surface area (Å²) < 4.78 is 0. The van der Waals surface area contributed by atoms with Crippen LogP contribution in [0.5, 0.6) is 0 Å². The van der Waals surface area contributed by atoms with Crippen LogP contribution in [0.15, 0.2) is 73.1 Å². The van der Waals surface area contributed by atoms with Crippen molar-refractivity contribution in [3.63, 3.8) is 0 Å². The number of anilines is 2. The first-order valence-electron chi connectivity index (χ1n) is 8.56. The number of rotatable bonds is 3. The second-order valence-corrected chi connectivity index (χ2v) is 6.62. The maximum atomic E-state index is 6.60. The zero-order valence-corrected chi connectivity index (χ0v) is 14.7.